The average molecular weight is 403 g/mol. The highest BCUT2D eigenvalue weighted by Gasteiger charge is 2.30. The van der Waals surface area contributed by atoms with Gasteiger partial charge in [-0.05, 0) is 48.7 Å². The van der Waals surface area contributed by atoms with Gasteiger partial charge in [0.05, 0.1) is 17.1 Å². The van der Waals surface area contributed by atoms with Crippen LogP contribution in [0.5, 0.6) is 5.75 Å². The van der Waals surface area contributed by atoms with E-state index in [1.165, 1.54) is 6.92 Å². The molecule has 28 heavy (non-hydrogen) atoms. The molecular formula is C20H21NO6S. The number of phenolic OH excluding ortho intramolecular Hbond substituents is 1. The van der Waals surface area contributed by atoms with Gasteiger partial charge in [-0.15, -0.1) is 0 Å². The van der Waals surface area contributed by atoms with Crippen molar-refractivity contribution >= 4 is 21.7 Å². The molecule has 0 radical (unpaired) electrons. The average Bonchev–Trinajstić information content (AvgIpc) is 3.00. The fourth-order valence-corrected chi connectivity index (χ4v) is 4.64. The first-order valence-corrected chi connectivity index (χ1v) is 10.7. The van der Waals surface area contributed by atoms with E-state index in [1.54, 1.807) is 48.5 Å². The van der Waals surface area contributed by atoms with Crippen LogP contribution in [0.3, 0.4) is 0 Å². The lowest BCUT2D eigenvalue weighted by Gasteiger charge is -2.16. The number of amides is 1. The molecule has 0 spiro atoms. The molecule has 1 amide bonds. The Kier molecular flexibility index (Phi) is 5.69. The van der Waals surface area contributed by atoms with Crippen LogP contribution in [-0.2, 0) is 19.4 Å². The fourth-order valence-electron chi connectivity index (χ4n) is 2.96. The van der Waals surface area contributed by atoms with Crippen molar-refractivity contribution in [3.63, 3.8) is 0 Å². The number of hydrogen-bond acceptors (Lipinski definition) is 6. The summed E-state index contributed by atoms with van der Waals surface area (Å²) in [7, 11) is -3.10. The van der Waals surface area contributed by atoms with Gasteiger partial charge in [0.25, 0.3) is 5.91 Å². The molecular weight excluding hydrogens is 382 g/mol. The van der Waals surface area contributed by atoms with Gasteiger partial charge in [-0.2, -0.15) is 0 Å². The molecule has 2 aromatic rings. The number of esters is 1. The van der Waals surface area contributed by atoms with Crippen molar-refractivity contribution in [2.45, 2.75) is 25.5 Å². The van der Waals surface area contributed by atoms with E-state index >= 15 is 0 Å². The number of aromatic hydroxyl groups is 1. The highest BCUT2D eigenvalue weighted by atomic mass is 32.2. The summed E-state index contributed by atoms with van der Waals surface area (Å²) in [5.41, 5.74) is 2.05. The standard InChI is InChI=1S/C20H21NO6S/c1-13(19(23)21-17-10-11-28(25,26)12-17)27-20(24)16-4-2-14(3-5-16)15-6-8-18(22)9-7-15/h2-9,13,17,22H,10-12H2,1H3,(H,21,23)/t13-,17-/m0/s1. The zero-order valence-corrected chi connectivity index (χ0v) is 16.1. The lowest BCUT2D eigenvalue weighted by atomic mass is 10.0. The predicted octanol–water partition coefficient (Wildman–Crippen LogP) is 1.91. The van der Waals surface area contributed by atoms with Gasteiger partial charge in [-0.25, -0.2) is 13.2 Å². The third kappa shape index (κ3) is 4.89. The number of benzene rings is 2. The van der Waals surface area contributed by atoms with E-state index in [9.17, 15) is 23.1 Å². The zero-order valence-electron chi connectivity index (χ0n) is 15.3. The lowest BCUT2D eigenvalue weighted by Crippen LogP contribution is -2.42. The van der Waals surface area contributed by atoms with E-state index in [-0.39, 0.29) is 17.3 Å². The van der Waals surface area contributed by atoms with Crippen LogP contribution in [0.15, 0.2) is 48.5 Å². The minimum absolute atomic E-state index is 0.0551. The highest BCUT2D eigenvalue weighted by molar-refractivity contribution is 7.91. The second-order valence-corrected chi connectivity index (χ2v) is 9.01. The summed E-state index contributed by atoms with van der Waals surface area (Å²) < 4.78 is 28.1. The highest BCUT2D eigenvalue weighted by Crippen LogP contribution is 2.22. The second kappa shape index (κ2) is 8.02. The molecule has 2 N–H and O–H groups in total. The van der Waals surface area contributed by atoms with Crippen LogP contribution in [0.4, 0.5) is 0 Å². The summed E-state index contributed by atoms with van der Waals surface area (Å²) in [5.74, 6) is -1.01. The van der Waals surface area contributed by atoms with Crippen LogP contribution in [0.25, 0.3) is 11.1 Å². The van der Waals surface area contributed by atoms with Crippen LogP contribution in [0.1, 0.15) is 23.7 Å². The van der Waals surface area contributed by atoms with Crippen molar-refractivity contribution < 1.29 is 27.9 Å². The van der Waals surface area contributed by atoms with Gasteiger partial charge in [-0.1, -0.05) is 24.3 Å². The van der Waals surface area contributed by atoms with Gasteiger partial charge in [0.1, 0.15) is 5.75 Å². The van der Waals surface area contributed by atoms with Gasteiger partial charge >= 0.3 is 5.97 Å². The monoisotopic (exact) mass is 403 g/mol. The van der Waals surface area contributed by atoms with Crippen molar-refractivity contribution in [3.8, 4) is 16.9 Å². The van der Waals surface area contributed by atoms with E-state index in [2.05, 4.69) is 5.32 Å². The molecule has 1 aliphatic rings. The minimum Gasteiger partial charge on any atom is -0.508 e. The van der Waals surface area contributed by atoms with Crippen LogP contribution < -0.4 is 5.32 Å². The molecule has 0 unspecified atom stereocenters. The van der Waals surface area contributed by atoms with Crippen LogP contribution in [0.2, 0.25) is 0 Å². The molecule has 148 valence electrons. The summed E-state index contributed by atoms with van der Waals surface area (Å²) in [6.07, 6.45) is -0.666. The molecule has 7 nitrogen and oxygen atoms in total. The van der Waals surface area contributed by atoms with Crippen LogP contribution >= 0.6 is 0 Å². The summed E-state index contributed by atoms with van der Waals surface area (Å²) in [5, 5.41) is 12.0. The minimum atomic E-state index is -3.10. The molecule has 0 aliphatic carbocycles. The van der Waals surface area contributed by atoms with Crippen LogP contribution in [0, 0.1) is 0 Å². The maximum Gasteiger partial charge on any atom is 0.338 e. The number of nitrogens with one attached hydrogen (secondary N) is 1. The molecule has 1 heterocycles. The Balaban J connectivity index is 1.57. The smallest absolute Gasteiger partial charge is 0.338 e. The molecule has 1 fully saturated rings. The molecule has 8 heteroatoms. The zero-order chi connectivity index (χ0) is 20.3. The van der Waals surface area contributed by atoms with Gasteiger partial charge in [0, 0.05) is 6.04 Å². The largest absolute Gasteiger partial charge is 0.508 e. The molecule has 1 saturated heterocycles. The molecule has 3 rings (SSSR count). The first kappa shape index (κ1) is 19.9. The number of carbonyl (C=O) groups excluding carboxylic acids is 2. The first-order chi connectivity index (χ1) is 13.2. The van der Waals surface area contributed by atoms with Gasteiger partial charge in [0.15, 0.2) is 15.9 Å². The van der Waals surface area contributed by atoms with E-state index in [4.69, 9.17) is 4.74 Å². The van der Waals surface area contributed by atoms with Gasteiger partial charge in [-0.3, -0.25) is 4.79 Å². The van der Waals surface area contributed by atoms with E-state index in [1.807, 2.05) is 0 Å². The quantitative estimate of drug-likeness (QED) is 0.738. The molecule has 0 aromatic heterocycles. The van der Waals surface area contributed by atoms with Crippen molar-refractivity contribution in [1.82, 2.24) is 5.32 Å². The predicted molar refractivity (Wildman–Crippen MR) is 104 cm³/mol. The fraction of sp³-hybridized carbons (Fsp3) is 0.300. The van der Waals surface area contributed by atoms with Crippen molar-refractivity contribution in [2.24, 2.45) is 0 Å². The van der Waals surface area contributed by atoms with E-state index in [0.717, 1.165) is 11.1 Å². The van der Waals surface area contributed by atoms with E-state index in [0.29, 0.717) is 12.0 Å². The Morgan fingerprint density at radius 1 is 1.07 bits per heavy atom. The Morgan fingerprint density at radius 3 is 2.18 bits per heavy atom. The normalized spacial score (nSPS) is 19.0. The van der Waals surface area contributed by atoms with Gasteiger partial charge < -0.3 is 15.2 Å². The SMILES string of the molecule is C[C@H](OC(=O)c1ccc(-c2ccc(O)cc2)cc1)C(=O)N[C@H]1CCS(=O)(=O)C1. The summed E-state index contributed by atoms with van der Waals surface area (Å²) in [6, 6.07) is 12.9. The summed E-state index contributed by atoms with van der Waals surface area (Å²) in [4.78, 5) is 24.4. The third-order valence-corrected chi connectivity index (χ3v) is 6.32. The van der Waals surface area contributed by atoms with Crippen LogP contribution in [-0.4, -0.2) is 49.1 Å². The maximum atomic E-state index is 12.3. The lowest BCUT2D eigenvalue weighted by molar-refractivity contribution is -0.129. The maximum absolute atomic E-state index is 12.3. The Morgan fingerprint density at radius 2 is 1.64 bits per heavy atom. The topological polar surface area (TPSA) is 110 Å². The van der Waals surface area contributed by atoms with E-state index < -0.39 is 33.9 Å². The number of carbonyl (C=O) groups is 2. The molecule has 2 atom stereocenters. The van der Waals surface area contributed by atoms with Gasteiger partial charge in [0.2, 0.25) is 0 Å². The summed E-state index contributed by atoms with van der Waals surface area (Å²) in [6.45, 7) is 1.45. The number of sulfone groups is 1. The molecule has 0 bridgehead atoms. The number of ether oxygens (including phenoxy) is 1. The Labute approximate surface area is 163 Å². The Bertz CT molecular complexity index is 967. The summed E-state index contributed by atoms with van der Waals surface area (Å²) >= 11 is 0. The number of rotatable bonds is 5. The first-order valence-electron chi connectivity index (χ1n) is 8.85. The third-order valence-electron chi connectivity index (χ3n) is 4.55. The second-order valence-electron chi connectivity index (χ2n) is 6.78. The molecule has 0 saturated carbocycles. The Hall–Kier alpha value is -2.87. The number of hydrogen-bond donors (Lipinski definition) is 2. The van der Waals surface area contributed by atoms with Crippen molar-refractivity contribution in [2.75, 3.05) is 11.5 Å². The molecule has 2 aromatic carbocycles. The molecule has 1 aliphatic heterocycles. The number of phenols is 1. The van der Waals surface area contributed by atoms with Crippen molar-refractivity contribution in [3.05, 3.63) is 54.1 Å². The van der Waals surface area contributed by atoms with Crippen molar-refractivity contribution in [1.29, 1.82) is 0 Å².